The molecule has 90 valence electrons. The lowest BCUT2D eigenvalue weighted by atomic mass is 10.2. The Hall–Kier alpha value is -0.560. The molecule has 1 aromatic carbocycles. The highest BCUT2D eigenvalue weighted by Gasteiger charge is 2.02. The number of thioether (sulfide) groups is 2. The average molecular weight is 284 g/mol. The number of aryl methyl sites for hydroxylation is 1. The summed E-state index contributed by atoms with van der Waals surface area (Å²) in [6, 6.07) is 5.74. The third-order valence-electron chi connectivity index (χ3n) is 1.89. The van der Waals surface area contributed by atoms with Crippen molar-refractivity contribution in [3.63, 3.8) is 0 Å². The lowest BCUT2D eigenvalue weighted by molar-refractivity contribution is 1.41. The third-order valence-corrected chi connectivity index (χ3v) is 3.93. The van der Waals surface area contributed by atoms with E-state index in [-0.39, 0.29) is 0 Å². The van der Waals surface area contributed by atoms with Crippen LogP contribution < -0.4 is 0 Å². The Bertz CT molecular complexity index is 472. The first-order chi connectivity index (χ1) is 8.17. The normalized spacial score (nSPS) is 10.9. The van der Waals surface area contributed by atoms with Crippen molar-refractivity contribution < 1.29 is 0 Å². The number of hydrogen-bond acceptors (Lipinski definition) is 3. The summed E-state index contributed by atoms with van der Waals surface area (Å²) in [5, 5.41) is 3.68. The summed E-state index contributed by atoms with van der Waals surface area (Å²) < 4.78 is 0.965. The Balaban J connectivity index is 3.00. The molecule has 0 radical (unpaired) electrons. The first-order valence-corrected chi connectivity index (χ1v) is 7.41. The van der Waals surface area contributed by atoms with Crippen LogP contribution in [-0.4, -0.2) is 10.1 Å². The van der Waals surface area contributed by atoms with Crippen LogP contribution in [0.4, 0.5) is 5.69 Å². The molecular weight excluding hydrogens is 270 g/mol. The van der Waals surface area contributed by atoms with Crippen LogP contribution in [0.3, 0.4) is 0 Å². The molecule has 0 fully saturated rings. The predicted octanol–water partition coefficient (Wildman–Crippen LogP) is 5.10. The van der Waals surface area contributed by atoms with Crippen LogP contribution in [0.5, 0.6) is 0 Å². The number of hydrogen-bond donors (Lipinski definition) is 0. The summed E-state index contributed by atoms with van der Waals surface area (Å²) in [5.41, 5.74) is 2.03. The van der Waals surface area contributed by atoms with Crippen LogP contribution >= 0.6 is 35.1 Å². The van der Waals surface area contributed by atoms with Gasteiger partial charge in [0.2, 0.25) is 0 Å². The summed E-state index contributed by atoms with van der Waals surface area (Å²) in [6.45, 7) is 5.95. The van der Waals surface area contributed by atoms with Crippen LogP contribution in [0.2, 0.25) is 5.02 Å². The lowest BCUT2D eigenvalue weighted by Gasteiger charge is -2.03. The third kappa shape index (κ3) is 5.08. The summed E-state index contributed by atoms with van der Waals surface area (Å²) in [5.74, 6) is 3.84. The van der Waals surface area contributed by atoms with Crippen molar-refractivity contribution in [3.8, 4) is 11.2 Å². The number of nitrogens with zero attached hydrogens (tertiary/aromatic N) is 1. The molecule has 0 aliphatic rings. The molecule has 1 rings (SSSR count). The molecule has 0 aromatic heterocycles. The summed E-state index contributed by atoms with van der Waals surface area (Å²) in [6.07, 6.45) is 0. The van der Waals surface area contributed by atoms with Gasteiger partial charge >= 0.3 is 0 Å². The largest absolute Gasteiger partial charge is 0.234 e. The van der Waals surface area contributed by atoms with Crippen LogP contribution in [0, 0.1) is 18.1 Å². The Kier molecular flexibility index (Phi) is 6.57. The van der Waals surface area contributed by atoms with Gasteiger partial charge in [0.1, 0.15) is 4.38 Å². The van der Waals surface area contributed by atoms with Gasteiger partial charge in [0.15, 0.2) is 0 Å². The van der Waals surface area contributed by atoms with E-state index in [1.54, 1.807) is 11.8 Å². The van der Waals surface area contributed by atoms with Gasteiger partial charge in [-0.1, -0.05) is 42.3 Å². The Morgan fingerprint density at radius 2 is 2.24 bits per heavy atom. The number of halogens is 1. The molecule has 17 heavy (non-hydrogen) atoms. The second kappa shape index (κ2) is 7.71. The molecule has 0 amide bonds. The Morgan fingerprint density at radius 1 is 1.47 bits per heavy atom. The summed E-state index contributed by atoms with van der Waals surface area (Å²) >= 11 is 9.13. The molecule has 0 unspecified atom stereocenters. The van der Waals surface area contributed by atoms with E-state index in [9.17, 15) is 0 Å². The van der Waals surface area contributed by atoms with Crippen molar-refractivity contribution in [1.29, 1.82) is 0 Å². The molecule has 1 nitrogen and oxygen atoms in total. The fourth-order valence-electron chi connectivity index (χ4n) is 1.10. The zero-order valence-corrected chi connectivity index (χ0v) is 12.5. The molecule has 0 bridgehead atoms. The second-order valence-corrected chi connectivity index (χ2v) is 5.94. The number of rotatable bonds is 2. The molecule has 0 spiro atoms. The minimum absolute atomic E-state index is 0.710. The van der Waals surface area contributed by atoms with Crippen LogP contribution in [0.15, 0.2) is 23.2 Å². The molecule has 0 saturated carbocycles. The number of benzene rings is 1. The van der Waals surface area contributed by atoms with Gasteiger partial charge in [0.05, 0.1) is 5.69 Å². The molecular formula is C13H14ClNS2. The van der Waals surface area contributed by atoms with Gasteiger partial charge in [-0.25, -0.2) is 4.99 Å². The van der Waals surface area contributed by atoms with Crippen LogP contribution in [-0.2, 0) is 0 Å². The quantitative estimate of drug-likeness (QED) is 0.425. The zero-order valence-electron chi connectivity index (χ0n) is 10.1. The van der Waals surface area contributed by atoms with E-state index in [0.717, 1.165) is 21.4 Å². The summed E-state index contributed by atoms with van der Waals surface area (Å²) in [7, 11) is 0. The van der Waals surface area contributed by atoms with Crippen molar-refractivity contribution >= 4 is 45.2 Å². The van der Waals surface area contributed by atoms with E-state index in [4.69, 9.17) is 11.6 Å². The van der Waals surface area contributed by atoms with E-state index < -0.39 is 0 Å². The predicted molar refractivity (Wildman–Crippen MR) is 82.5 cm³/mol. The maximum absolute atomic E-state index is 5.97. The first kappa shape index (κ1) is 14.5. The zero-order chi connectivity index (χ0) is 12.7. The highest BCUT2D eigenvalue weighted by Crippen LogP contribution is 2.27. The smallest absolute Gasteiger partial charge is 0.143 e. The van der Waals surface area contributed by atoms with Gasteiger partial charge in [-0.15, -0.1) is 0 Å². The fourth-order valence-corrected chi connectivity index (χ4v) is 2.73. The van der Waals surface area contributed by atoms with Gasteiger partial charge in [0, 0.05) is 5.02 Å². The second-order valence-electron chi connectivity index (χ2n) is 3.20. The maximum Gasteiger partial charge on any atom is 0.143 e. The maximum atomic E-state index is 5.97. The SMILES string of the molecule is CC#CSC(=Nc1cc(Cl)ccc1C)SCC. The molecule has 4 heteroatoms. The van der Waals surface area contributed by atoms with Crippen molar-refractivity contribution in [1.82, 2.24) is 0 Å². The minimum atomic E-state index is 0.710. The topological polar surface area (TPSA) is 12.4 Å². The highest BCUT2D eigenvalue weighted by atomic mass is 35.5. The van der Waals surface area contributed by atoms with Gasteiger partial charge in [0.25, 0.3) is 0 Å². The van der Waals surface area contributed by atoms with Gasteiger partial charge in [-0.05, 0) is 54.3 Å². The van der Waals surface area contributed by atoms with Gasteiger partial charge in [-0.2, -0.15) is 0 Å². The highest BCUT2D eigenvalue weighted by molar-refractivity contribution is 8.40. The van der Waals surface area contributed by atoms with Crippen molar-refractivity contribution in [2.75, 3.05) is 5.75 Å². The minimum Gasteiger partial charge on any atom is -0.234 e. The number of aliphatic imine (C=N–C) groups is 1. The molecule has 1 aromatic rings. The monoisotopic (exact) mass is 283 g/mol. The van der Waals surface area contributed by atoms with Gasteiger partial charge in [-0.3, -0.25) is 0 Å². The molecule has 0 N–H and O–H groups in total. The Morgan fingerprint density at radius 3 is 2.88 bits per heavy atom. The van der Waals surface area contributed by atoms with Crippen LogP contribution in [0.25, 0.3) is 0 Å². The van der Waals surface area contributed by atoms with Crippen LogP contribution in [0.1, 0.15) is 19.4 Å². The van der Waals surface area contributed by atoms with Gasteiger partial charge < -0.3 is 0 Å². The van der Waals surface area contributed by atoms with Crippen molar-refractivity contribution in [3.05, 3.63) is 28.8 Å². The van der Waals surface area contributed by atoms with E-state index in [1.165, 1.54) is 11.8 Å². The van der Waals surface area contributed by atoms with Crippen molar-refractivity contribution in [2.24, 2.45) is 4.99 Å². The standard InChI is InChI=1S/C13H14ClNS2/c1-4-8-17-13(16-5-2)15-12-9-11(14)7-6-10(12)3/h6-7,9H,5H2,1-3H3. The van der Waals surface area contributed by atoms with Crippen molar-refractivity contribution in [2.45, 2.75) is 20.8 Å². The molecule has 0 saturated heterocycles. The van der Waals surface area contributed by atoms with E-state index in [1.807, 2.05) is 32.0 Å². The fraction of sp³-hybridized carbons (Fsp3) is 0.308. The molecule has 0 atom stereocenters. The first-order valence-electron chi connectivity index (χ1n) is 5.23. The lowest BCUT2D eigenvalue weighted by Crippen LogP contribution is -1.85. The molecule has 0 aliphatic carbocycles. The Labute approximate surface area is 116 Å². The summed E-state index contributed by atoms with van der Waals surface area (Å²) in [4.78, 5) is 4.60. The van der Waals surface area contributed by atoms with E-state index >= 15 is 0 Å². The average Bonchev–Trinajstić information content (AvgIpc) is 2.31. The van der Waals surface area contributed by atoms with E-state index in [2.05, 4.69) is 23.1 Å². The van der Waals surface area contributed by atoms with E-state index in [0.29, 0.717) is 5.02 Å². The molecule has 0 aliphatic heterocycles. The molecule has 0 heterocycles.